The Labute approximate surface area is 119 Å². The molecule has 110 valence electrons. The van der Waals surface area contributed by atoms with E-state index in [0.717, 1.165) is 37.3 Å². The number of carboxylic acids is 1. The molecule has 1 atom stereocenters. The van der Waals surface area contributed by atoms with Gasteiger partial charge in [0, 0.05) is 30.6 Å². The van der Waals surface area contributed by atoms with Crippen LogP contribution in [0, 0.1) is 12.8 Å². The summed E-state index contributed by atoms with van der Waals surface area (Å²) in [5, 5.41) is 12.6. The normalized spacial score (nSPS) is 17.7. The quantitative estimate of drug-likeness (QED) is 0.737. The molecule has 0 radical (unpaired) electrons. The molecule has 1 fully saturated rings. The van der Waals surface area contributed by atoms with Crippen LogP contribution in [0.1, 0.15) is 35.7 Å². The Bertz CT molecular complexity index is 496. The molecule has 0 amide bonds. The lowest BCUT2D eigenvalue weighted by molar-refractivity contribution is 0.0622. The second-order valence-electron chi connectivity index (χ2n) is 5.44. The van der Waals surface area contributed by atoms with Crippen molar-refractivity contribution in [3.8, 4) is 0 Å². The number of benzene rings is 1. The zero-order valence-corrected chi connectivity index (χ0v) is 12.0. The summed E-state index contributed by atoms with van der Waals surface area (Å²) in [5.74, 6) is -0.442. The minimum absolute atomic E-state index is 0.159. The molecule has 20 heavy (non-hydrogen) atoms. The third kappa shape index (κ3) is 3.22. The van der Waals surface area contributed by atoms with Gasteiger partial charge in [0.25, 0.3) is 0 Å². The summed E-state index contributed by atoms with van der Waals surface area (Å²) in [6.45, 7) is 5.56. The maximum absolute atomic E-state index is 11.2. The molecule has 5 nitrogen and oxygen atoms in total. The van der Waals surface area contributed by atoms with Crippen molar-refractivity contribution >= 4 is 17.3 Å². The predicted molar refractivity (Wildman–Crippen MR) is 79.2 cm³/mol. The number of anilines is 2. The van der Waals surface area contributed by atoms with Gasteiger partial charge in [0.15, 0.2) is 0 Å². The van der Waals surface area contributed by atoms with Crippen molar-refractivity contribution in [2.24, 2.45) is 5.92 Å². The van der Waals surface area contributed by atoms with Gasteiger partial charge in [-0.3, -0.25) is 0 Å². The maximum atomic E-state index is 11.2. The molecule has 1 saturated heterocycles. The van der Waals surface area contributed by atoms with Gasteiger partial charge in [0.2, 0.25) is 0 Å². The fourth-order valence-corrected chi connectivity index (χ4v) is 2.66. The van der Waals surface area contributed by atoms with Crippen LogP contribution in [0.5, 0.6) is 0 Å². The lowest BCUT2D eigenvalue weighted by Gasteiger charge is -2.29. The van der Waals surface area contributed by atoms with Gasteiger partial charge in [-0.05, 0) is 50.3 Å². The molecule has 1 aromatic rings. The van der Waals surface area contributed by atoms with E-state index in [4.69, 9.17) is 10.5 Å². The molecule has 0 spiro atoms. The molecule has 0 bridgehead atoms. The fourth-order valence-electron chi connectivity index (χ4n) is 2.66. The first-order chi connectivity index (χ1) is 9.49. The topological polar surface area (TPSA) is 84.6 Å². The fraction of sp³-hybridized carbons (Fsp3) is 0.533. The van der Waals surface area contributed by atoms with Crippen molar-refractivity contribution in [2.75, 3.05) is 24.3 Å². The van der Waals surface area contributed by atoms with Crippen molar-refractivity contribution in [1.29, 1.82) is 0 Å². The van der Waals surface area contributed by atoms with Gasteiger partial charge >= 0.3 is 5.97 Å². The Morgan fingerprint density at radius 1 is 1.45 bits per heavy atom. The van der Waals surface area contributed by atoms with E-state index in [2.05, 4.69) is 12.2 Å². The highest BCUT2D eigenvalue weighted by atomic mass is 16.5. The number of hydrogen-bond donors (Lipinski definition) is 3. The highest BCUT2D eigenvalue weighted by Gasteiger charge is 2.21. The molecule has 0 saturated carbocycles. The standard InChI is InChI=1S/C15H22N2O3/c1-9-7-12(8-13(14(9)16)15(18)19)17-10(2)11-3-5-20-6-4-11/h7-8,10-11,17H,3-6,16H2,1-2H3,(H,18,19). The van der Waals surface area contributed by atoms with Gasteiger partial charge in [-0.15, -0.1) is 0 Å². The minimum Gasteiger partial charge on any atom is -0.478 e. The van der Waals surface area contributed by atoms with E-state index in [1.807, 2.05) is 13.0 Å². The van der Waals surface area contributed by atoms with Crippen molar-refractivity contribution in [1.82, 2.24) is 0 Å². The van der Waals surface area contributed by atoms with Gasteiger partial charge in [0.05, 0.1) is 5.56 Å². The van der Waals surface area contributed by atoms with Crippen molar-refractivity contribution in [3.63, 3.8) is 0 Å². The van der Waals surface area contributed by atoms with Crippen LogP contribution in [-0.2, 0) is 4.74 Å². The number of ether oxygens (including phenoxy) is 1. The summed E-state index contributed by atoms with van der Waals surface area (Å²) in [5.41, 5.74) is 7.89. The predicted octanol–water partition coefficient (Wildman–Crippen LogP) is 2.50. The van der Waals surface area contributed by atoms with Crippen LogP contribution in [0.4, 0.5) is 11.4 Å². The number of aryl methyl sites for hydroxylation is 1. The van der Waals surface area contributed by atoms with Gasteiger partial charge in [0.1, 0.15) is 0 Å². The minimum atomic E-state index is -0.993. The average molecular weight is 278 g/mol. The number of nitrogens with two attached hydrogens (primary N) is 1. The van der Waals surface area contributed by atoms with E-state index in [0.29, 0.717) is 11.6 Å². The zero-order chi connectivity index (χ0) is 14.7. The van der Waals surface area contributed by atoms with Gasteiger partial charge in [-0.1, -0.05) is 0 Å². The molecule has 5 heteroatoms. The van der Waals surface area contributed by atoms with Gasteiger partial charge in [-0.25, -0.2) is 4.79 Å². The molecule has 1 unspecified atom stereocenters. The molecule has 2 rings (SSSR count). The first kappa shape index (κ1) is 14.7. The summed E-state index contributed by atoms with van der Waals surface area (Å²) in [7, 11) is 0. The third-order valence-corrected chi connectivity index (χ3v) is 3.98. The van der Waals surface area contributed by atoms with Gasteiger partial charge in [-0.2, -0.15) is 0 Å². The summed E-state index contributed by atoms with van der Waals surface area (Å²) in [6.07, 6.45) is 2.07. The van der Waals surface area contributed by atoms with Gasteiger partial charge < -0.3 is 20.9 Å². The van der Waals surface area contributed by atoms with Crippen LogP contribution >= 0.6 is 0 Å². The molecule has 1 aliphatic rings. The summed E-state index contributed by atoms with van der Waals surface area (Å²) >= 11 is 0. The molecular weight excluding hydrogens is 256 g/mol. The van der Waals surface area contributed by atoms with Crippen molar-refractivity contribution in [3.05, 3.63) is 23.3 Å². The average Bonchev–Trinajstić information content (AvgIpc) is 2.43. The van der Waals surface area contributed by atoms with E-state index < -0.39 is 5.97 Å². The van der Waals surface area contributed by atoms with Crippen LogP contribution in [0.15, 0.2) is 12.1 Å². The van der Waals surface area contributed by atoms with Crippen molar-refractivity contribution in [2.45, 2.75) is 32.7 Å². The first-order valence-electron chi connectivity index (χ1n) is 6.96. The van der Waals surface area contributed by atoms with E-state index in [1.165, 1.54) is 0 Å². The molecule has 4 N–H and O–H groups in total. The summed E-state index contributed by atoms with van der Waals surface area (Å²) < 4.78 is 5.36. The SMILES string of the molecule is Cc1cc(NC(C)C2CCOCC2)cc(C(=O)O)c1N. The second kappa shape index (κ2) is 6.13. The van der Waals surface area contributed by atoms with Crippen LogP contribution in [0.25, 0.3) is 0 Å². The van der Waals surface area contributed by atoms with E-state index in [9.17, 15) is 9.90 Å². The number of carboxylic acid groups (broad SMARTS) is 1. The summed E-state index contributed by atoms with van der Waals surface area (Å²) in [6, 6.07) is 3.79. The lowest BCUT2D eigenvalue weighted by atomic mass is 9.92. The maximum Gasteiger partial charge on any atom is 0.337 e. The zero-order valence-electron chi connectivity index (χ0n) is 12.0. The second-order valence-corrected chi connectivity index (χ2v) is 5.44. The Kier molecular flexibility index (Phi) is 4.49. The van der Waals surface area contributed by atoms with Crippen LogP contribution < -0.4 is 11.1 Å². The number of carbonyl (C=O) groups is 1. The molecule has 0 aliphatic carbocycles. The number of nitrogen functional groups attached to an aromatic ring is 1. The summed E-state index contributed by atoms with van der Waals surface area (Å²) in [4.78, 5) is 11.2. The Morgan fingerprint density at radius 3 is 2.70 bits per heavy atom. The molecule has 0 aromatic heterocycles. The highest BCUT2D eigenvalue weighted by molar-refractivity contribution is 5.95. The van der Waals surface area contributed by atoms with Crippen LogP contribution in [0.3, 0.4) is 0 Å². The van der Waals surface area contributed by atoms with E-state index in [1.54, 1.807) is 6.07 Å². The van der Waals surface area contributed by atoms with Crippen molar-refractivity contribution < 1.29 is 14.6 Å². The Balaban J connectivity index is 2.14. The smallest absolute Gasteiger partial charge is 0.337 e. The largest absolute Gasteiger partial charge is 0.478 e. The van der Waals surface area contributed by atoms with E-state index in [-0.39, 0.29) is 11.6 Å². The molecule has 1 aromatic carbocycles. The molecular formula is C15H22N2O3. The van der Waals surface area contributed by atoms with Crippen LogP contribution in [-0.4, -0.2) is 30.3 Å². The van der Waals surface area contributed by atoms with Crippen LogP contribution in [0.2, 0.25) is 0 Å². The Morgan fingerprint density at radius 2 is 2.10 bits per heavy atom. The lowest BCUT2D eigenvalue weighted by Crippen LogP contribution is -2.31. The molecule has 1 aliphatic heterocycles. The molecule has 1 heterocycles. The van der Waals surface area contributed by atoms with E-state index >= 15 is 0 Å². The first-order valence-corrected chi connectivity index (χ1v) is 6.96. The monoisotopic (exact) mass is 278 g/mol. The Hall–Kier alpha value is -1.75. The number of nitrogens with one attached hydrogen (secondary N) is 1. The number of aromatic carboxylic acids is 1. The third-order valence-electron chi connectivity index (χ3n) is 3.98. The number of hydrogen-bond acceptors (Lipinski definition) is 4. The number of rotatable bonds is 4. The highest BCUT2D eigenvalue weighted by Crippen LogP contribution is 2.26.